The summed E-state index contributed by atoms with van der Waals surface area (Å²) >= 11 is 13.2. The van der Waals surface area contributed by atoms with Crippen LogP contribution < -0.4 is 0 Å². The van der Waals surface area contributed by atoms with E-state index in [1.165, 1.54) is 0 Å². The van der Waals surface area contributed by atoms with Gasteiger partial charge in [0.25, 0.3) is 0 Å². The number of benzene rings is 1. The minimum absolute atomic E-state index is 0.0240. The zero-order chi connectivity index (χ0) is 19.7. The number of carboxylic acids is 1. The predicted octanol–water partition coefficient (Wildman–Crippen LogP) is 4.71. The number of fused-ring (bicyclic) bond motifs is 1. The van der Waals surface area contributed by atoms with Crippen molar-refractivity contribution in [2.24, 2.45) is 5.92 Å². The van der Waals surface area contributed by atoms with Crippen LogP contribution in [0.15, 0.2) is 28.8 Å². The Morgan fingerprint density at radius 2 is 2.00 bits per heavy atom. The first kappa shape index (κ1) is 18.8. The Balaban J connectivity index is 2.00. The molecule has 0 bridgehead atoms. The Labute approximate surface area is 172 Å². The van der Waals surface area contributed by atoms with Crippen molar-refractivity contribution < 1.29 is 14.4 Å². The van der Waals surface area contributed by atoms with Gasteiger partial charge in [0, 0.05) is 16.5 Å². The minimum atomic E-state index is -1.36. The maximum atomic E-state index is 12.9. The highest BCUT2D eigenvalue weighted by Crippen LogP contribution is 2.64. The highest BCUT2D eigenvalue weighted by atomic mass is 35.5. The number of hydrogen-bond acceptors (Lipinski definition) is 5. The van der Waals surface area contributed by atoms with E-state index < -0.39 is 16.3 Å². The van der Waals surface area contributed by atoms with Crippen molar-refractivity contribution in [3.05, 3.63) is 40.5 Å². The molecule has 5 nitrogen and oxygen atoms in total. The fraction of sp³-hybridized carbons (Fsp3) is 0.421. The topological polar surface area (TPSA) is 66.6 Å². The Morgan fingerprint density at radius 3 is 2.59 bits per heavy atom. The van der Waals surface area contributed by atoms with Gasteiger partial charge >= 0.3 is 5.97 Å². The summed E-state index contributed by atoms with van der Waals surface area (Å²) in [5.41, 5.74) is 0.496. The average molecular weight is 423 g/mol. The second kappa shape index (κ2) is 5.96. The molecule has 8 heteroatoms. The van der Waals surface area contributed by atoms with Crippen molar-refractivity contribution in [2.45, 2.75) is 43.4 Å². The molecule has 1 aromatic heterocycles. The zero-order valence-electron chi connectivity index (χ0n) is 15.3. The van der Waals surface area contributed by atoms with Gasteiger partial charge in [-0.15, -0.1) is 11.8 Å². The van der Waals surface area contributed by atoms with Crippen LogP contribution in [-0.2, 0) is 10.3 Å². The van der Waals surface area contributed by atoms with Gasteiger partial charge in [0.15, 0.2) is 11.3 Å². The van der Waals surface area contributed by atoms with Crippen LogP contribution in [0.2, 0.25) is 5.02 Å². The highest BCUT2D eigenvalue weighted by Gasteiger charge is 2.72. The first-order chi connectivity index (χ1) is 12.6. The molecule has 2 saturated heterocycles. The van der Waals surface area contributed by atoms with Crippen molar-refractivity contribution in [2.75, 3.05) is 0 Å². The van der Waals surface area contributed by atoms with Gasteiger partial charge in [-0.1, -0.05) is 35.9 Å². The van der Waals surface area contributed by atoms with Gasteiger partial charge in [-0.2, -0.15) is 0 Å². The number of aromatic nitrogens is 1. The molecule has 3 atom stereocenters. The van der Waals surface area contributed by atoms with Crippen LogP contribution in [0.25, 0.3) is 11.3 Å². The standard InChI is InChI=1S/C19H19ClN2O3S2/c1-9-15(26)22-16(9)27-18(3,4)19(22,17(23)24)13-10(2)21-25-14(13)11-5-7-12(20)8-6-11/h5-9,16H,1-4H3,(H,23,24)/t9-,16-,19+/m1/s1. The van der Waals surface area contributed by atoms with Gasteiger partial charge in [0.2, 0.25) is 0 Å². The molecule has 0 aliphatic carbocycles. The molecule has 0 radical (unpaired) electrons. The lowest BCUT2D eigenvalue weighted by atomic mass is 9.73. The molecule has 27 heavy (non-hydrogen) atoms. The number of thioether (sulfide) groups is 1. The Kier molecular flexibility index (Phi) is 4.15. The van der Waals surface area contributed by atoms with Crippen LogP contribution in [0.1, 0.15) is 32.0 Å². The quantitative estimate of drug-likeness (QED) is 0.718. The van der Waals surface area contributed by atoms with E-state index in [-0.39, 0.29) is 11.3 Å². The second-order valence-corrected chi connectivity index (χ2v) is 10.1. The molecule has 3 heterocycles. The lowest BCUT2D eigenvalue weighted by molar-refractivity contribution is -0.152. The summed E-state index contributed by atoms with van der Waals surface area (Å²) in [6, 6.07) is 7.12. The summed E-state index contributed by atoms with van der Waals surface area (Å²) < 4.78 is 4.99. The van der Waals surface area contributed by atoms with Crippen LogP contribution in [0.5, 0.6) is 0 Å². The van der Waals surface area contributed by atoms with E-state index in [1.54, 1.807) is 30.8 Å². The smallest absolute Gasteiger partial charge is 0.336 e. The molecule has 142 valence electrons. The number of thiocarbonyl (C=S) groups is 1. The van der Waals surface area contributed by atoms with E-state index in [0.717, 1.165) is 5.56 Å². The maximum Gasteiger partial charge on any atom is 0.336 e. The van der Waals surface area contributed by atoms with Crippen LogP contribution in [0.3, 0.4) is 0 Å². The van der Waals surface area contributed by atoms with Crippen molar-refractivity contribution in [1.29, 1.82) is 0 Å². The largest absolute Gasteiger partial charge is 0.479 e. The molecule has 2 fully saturated rings. The second-order valence-electron chi connectivity index (χ2n) is 7.51. The molecule has 4 rings (SSSR count). The third-order valence-electron chi connectivity index (χ3n) is 5.60. The van der Waals surface area contributed by atoms with E-state index in [4.69, 9.17) is 28.3 Å². The number of halogens is 1. The van der Waals surface area contributed by atoms with Gasteiger partial charge in [0.1, 0.15) is 0 Å². The number of hydrogen-bond donors (Lipinski definition) is 1. The van der Waals surface area contributed by atoms with Gasteiger partial charge in [-0.25, -0.2) is 4.79 Å². The molecule has 1 N–H and O–H groups in total. The predicted molar refractivity (Wildman–Crippen MR) is 110 cm³/mol. The van der Waals surface area contributed by atoms with E-state index in [1.807, 2.05) is 37.8 Å². The molecule has 0 saturated carbocycles. The molecular formula is C19H19ClN2O3S2. The number of aliphatic carboxylic acids is 1. The highest BCUT2D eigenvalue weighted by molar-refractivity contribution is 8.01. The van der Waals surface area contributed by atoms with Crippen molar-refractivity contribution >= 4 is 46.5 Å². The monoisotopic (exact) mass is 422 g/mol. The molecule has 0 unspecified atom stereocenters. The van der Waals surface area contributed by atoms with Gasteiger partial charge in [-0.05, 0) is 45.0 Å². The molecule has 2 aromatic rings. The molecule has 1 aromatic carbocycles. The van der Waals surface area contributed by atoms with Crippen molar-refractivity contribution in [1.82, 2.24) is 10.1 Å². The third kappa shape index (κ3) is 2.28. The Morgan fingerprint density at radius 1 is 1.37 bits per heavy atom. The van der Waals surface area contributed by atoms with E-state index in [9.17, 15) is 9.90 Å². The van der Waals surface area contributed by atoms with Crippen LogP contribution in [0, 0.1) is 12.8 Å². The van der Waals surface area contributed by atoms with E-state index >= 15 is 0 Å². The van der Waals surface area contributed by atoms with Crippen LogP contribution >= 0.6 is 35.6 Å². The van der Waals surface area contributed by atoms with Crippen molar-refractivity contribution in [3.8, 4) is 11.3 Å². The number of nitrogens with zero attached hydrogens (tertiary/aromatic N) is 2. The maximum absolute atomic E-state index is 12.9. The van der Waals surface area contributed by atoms with Crippen LogP contribution in [0.4, 0.5) is 0 Å². The van der Waals surface area contributed by atoms with Gasteiger partial charge < -0.3 is 14.5 Å². The minimum Gasteiger partial charge on any atom is -0.479 e. The van der Waals surface area contributed by atoms with Crippen LogP contribution in [-0.4, -0.2) is 36.2 Å². The number of carbonyl (C=O) groups is 1. The first-order valence-corrected chi connectivity index (χ1v) is 10.3. The fourth-order valence-electron chi connectivity index (χ4n) is 4.28. The summed E-state index contributed by atoms with van der Waals surface area (Å²) in [5, 5.41) is 15.3. The van der Waals surface area contributed by atoms with E-state index in [2.05, 4.69) is 5.16 Å². The number of aryl methyl sites for hydroxylation is 1. The average Bonchev–Trinajstić information content (AvgIpc) is 3.09. The lowest BCUT2D eigenvalue weighted by Gasteiger charge is -2.51. The molecular weight excluding hydrogens is 404 g/mol. The lowest BCUT2D eigenvalue weighted by Crippen LogP contribution is -2.67. The Hall–Kier alpha value is -1.57. The SMILES string of the molecule is Cc1noc(-c2ccc(Cl)cc2)c1[C@@]1(C(=O)O)N2C(=S)[C@@H](C)[C@H]2SC1(C)C. The first-order valence-electron chi connectivity index (χ1n) is 8.60. The molecule has 2 aliphatic rings. The normalized spacial score (nSPS) is 28.8. The summed E-state index contributed by atoms with van der Waals surface area (Å²) in [7, 11) is 0. The summed E-state index contributed by atoms with van der Waals surface area (Å²) in [6.07, 6.45) is 0. The molecule has 0 amide bonds. The molecule has 2 aliphatic heterocycles. The van der Waals surface area contributed by atoms with Gasteiger partial charge in [-0.3, -0.25) is 0 Å². The Bertz CT molecular complexity index is 956. The number of rotatable bonds is 3. The summed E-state index contributed by atoms with van der Waals surface area (Å²) in [6.45, 7) is 7.74. The van der Waals surface area contributed by atoms with Crippen molar-refractivity contribution in [3.63, 3.8) is 0 Å². The summed E-state index contributed by atoms with van der Waals surface area (Å²) in [5.74, 6) is -0.342. The zero-order valence-corrected chi connectivity index (χ0v) is 17.7. The third-order valence-corrected chi connectivity index (χ3v) is 8.16. The van der Waals surface area contributed by atoms with E-state index in [0.29, 0.717) is 27.0 Å². The molecule has 0 spiro atoms. The number of carboxylic acid groups (broad SMARTS) is 1. The summed E-state index contributed by atoms with van der Waals surface area (Å²) in [4.78, 5) is 15.4. The van der Waals surface area contributed by atoms with Gasteiger partial charge in [0.05, 0.1) is 26.4 Å². The fourth-order valence-corrected chi connectivity index (χ4v) is 6.71.